The van der Waals surface area contributed by atoms with Gasteiger partial charge in [-0.15, -0.1) is 0 Å². The van der Waals surface area contributed by atoms with E-state index in [1.54, 1.807) is 0 Å². The van der Waals surface area contributed by atoms with E-state index in [0.29, 0.717) is 11.9 Å². The van der Waals surface area contributed by atoms with Gasteiger partial charge in [-0.3, -0.25) is 14.7 Å². The van der Waals surface area contributed by atoms with Gasteiger partial charge in [-0.1, -0.05) is 6.42 Å². The molecule has 0 radical (unpaired) electrons. The van der Waals surface area contributed by atoms with Crippen molar-refractivity contribution in [1.29, 1.82) is 0 Å². The molecule has 0 unspecified atom stereocenters. The van der Waals surface area contributed by atoms with Crippen molar-refractivity contribution in [3.05, 3.63) is 0 Å². The molecule has 150 valence electrons. The first kappa shape index (κ1) is 21.0. The smallest absolute Gasteiger partial charge is 0.222 e. The maximum Gasteiger partial charge on any atom is 0.222 e. The van der Waals surface area contributed by atoms with E-state index in [4.69, 9.17) is 0 Å². The van der Waals surface area contributed by atoms with E-state index in [0.717, 1.165) is 77.0 Å². The van der Waals surface area contributed by atoms with Crippen molar-refractivity contribution in [2.45, 2.75) is 77.8 Å². The van der Waals surface area contributed by atoms with E-state index in [-0.39, 0.29) is 0 Å². The van der Waals surface area contributed by atoms with Gasteiger partial charge >= 0.3 is 0 Å². The normalized spacial score (nSPS) is 19.2. The van der Waals surface area contributed by atoms with Crippen LogP contribution < -0.4 is 10.6 Å². The minimum atomic E-state index is 0.324. The van der Waals surface area contributed by atoms with E-state index in [2.05, 4.69) is 41.3 Å². The molecule has 6 heteroatoms. The van der Waals surface area contributed by atoms with Crippen molar-refractivity contribution in [3.63, 3.8) is 0 Å². The van der Waals surface area contributed by atoms with Gasteiger partial charge in [0, 0.05) is 57.8 Å². The third-order valence-electron chi connectivity index (χ3n) is 5.21. The highest BCUT2D eigenvalue weighted by Gasteiger charge is 2.30. The molecule has 0 spiro atoms. The van der Waals surface area contributed by atoms with Gasteiger partial charge in [0.25, 0.3) is 0 Å². The lowest BCUT2D eigenvalue weighted by atomic mass is 10.2. The van der Waals surface area contributed by atoms with E-state index in [1.165, 1.54) is 19.3 Å². The highest BCUT2D eigenvalue weighted by Crippen LogP contribution is 2.27. The molecule has 1 saturated carbocycles. The molecule has 0 aromatic heterocycles. The van der Waals surface area contributed by atoms with Crippen LogP contribution >= 0.6 is 0 Å². The topological polar surface area (TPSA) is 60.0 Å². The quantitative estimate of drug-likeness (QED) is 0.354. The Morgan fingerprint density at radius 2 is 2.08 bits per heavy atom. The second kappa shape index (κ2) is 11.4. The minimum absolute atomic E-state index is 0.324. The summed E-state index contributed by atoms with van der Waals surface area (Å²) in [5.74, 6) is 1.22. The number of hydrogen-bond donors (Lipinski definition) is 2. The summed E-state index contributed by atoms with van der Waals surface area (Å²) in [5, 5.41) is 6.79. The van der Waals surface area contributed by atoms with Gasteiger partial charge < -0.3 is 15.5 Å². The number of amides is 1. The lowest BCUT2D eigenvalue weighted by molar-refractivity contribution is -0.130. The predicted molar refractivity (Wildman–Crippen MR) is 109 cm³/mol. The van der Waals surface area contributed by atoms with Crippen LogP contribution in [0, 0.1) is 0 Å². The van der Waals surface area contributed by atoms with Crippen LogP contribution in [0.4, 0.5) is 0 Å². The minimum Gasteiger partial charge on any atom is -0.357 e. The second-order valence-electron chi connectivity index (χ2n) is 7.80. The second-order valence-corrected chi connectivity index (χ2v) is 7.80. The Labute approximate surface area is 159 Å². The number of rotatable bonds is 10. The number of carbonyl (C=O) groups is 1. The lowest BCUT2D eigenvalue weighted by Gasteiger charge is -2.26. The summed E-state index contributed by atoms with van der Waals surface area (Å²) in [5.41, 5.74) is 0. The van der Waals surface area contributed by atoms with Crippen molar-refractivity contribution in [2.24, 2.45) is 4.99 Å². The molecule has 1 aliphatic carbocycles. The number of likely N-dealkylation sites (tertiary alicyclic amines) is 1. The Kier molecular flexibility index (Phi) is 9.23. The van der Waals surface area contributed by atoms with Gasteiger partial charge in [-0.2, -0.15) is 0 Å². The monoisotopic (exact) mass is 365 g/mol. The third-order valence-corrected chi connectivity index (χ3v) is 5.21. The van der Waals surface area contributed by atoms with Gasteiger partial charge in [-0.25, -0.2) is 0 Å². The van der Waals surface area contributed by atoms with Crippen LogP contribution in [-0.4, -0.2) is 73.0 Å². The van der Waals surface area contributed by atoms with Crippen LogP contribution in [0.5, 0.6) is 0 Å². The largest absolute Gasteiger partial charge is 0.357 e. The van der Waals surface area contributed by atoms with E-state index in [9.17, 15) is 4.79 Å². The van der Waals surface area contributed by atoms with Gasteiger partial charge in [0.15, 0.2) is 5.96 Å². The number of nitrogens with one attached hydrogen (secondary N) is 2. The van der Waals surface area contributed by atoms with Gasteiger partial charge in [-0.05, 0) is 52.9 Å². The fourth-order valence-corrected chi connectivity index (χ4v) is 3.64. The molecule has 0 aromatic carbocycles. The fourth-order valence-electron chi connectivity index (χ4n) is 3.64. The van der Waals surface area contributed by atoms with Crippen molar-refractivity contribution in [1.82, 2.24) is 20.4 Å². The molecule has 26 heavy (non-hydrogen) atoms. The molecule has 1 saturated heterocycles. The first-order valence-corrected chi connectivity index (χ1v) is 10.7. The molecular formula is C20H39N5O. The van der Waals surface area contributed by atoms with Gasteiger partial charge in [0.05, 0.1) is 0 Å². The summed E-state index contributed by atoms with van der Waals surface area (Å²) in [6, 6.07) is 1.40. The fraction of sp³-hybridized carbons (Fsp3) is 0.900. The number of carbonyl (C=O) groups excluding carboxylic acids is 1. The SMILES string of the molecule is CCNC(=NCCCN1CCCCCC1=O)NCCN(C(C)C)C1CC1. The van der Waals surface area contributed by atoms with Gasteiger partial charge in [0.1, 0.15) is 0 Å². The van der Waals surface area contributed by atoms with Gasteiger partial charge in [0.2, 0.25) is 5.91 Å². The third kappa shape index (κ3) is 7.52. The van der Waals surface area contributed by atoms with Crippen LogP contribution in [0.25, 0.3) is 0 Å². The lowest BCUT2D eigenvalue weighted by Crippen LogP contribution is -2.44. The molecule has 0 aromatic rings. The summed E-state index contributed by atoms with van der Waals surface area (Å²) in [6.45, 7) is 12.0. The molecule has 1 amide bonds. The summed E-state index contributed by atoms with van der Waals surface area (Å²) >= 11 is 0. The Bertz CT molecular complexity index is 445. The van der Waals surface area contributed by atoms with Crippen LogP contribution in [0.1, 0.15) is 65.7 Å². The summed E-state index contributed by atoms with van der Waals surface area (Å²) < 4.78 is 0. The van der Waals surface area contributed by atoms with Crippen LogP contribution in [-0.2, 0) is 4.79 Å². The first-order chi connectivity index (χ1) is 12.6. The maximum atomic E-state index is 12.0. The van der Waals surface area contributed by atoms with Crippen molar-refractivity contribution < 1.29 is 4.79 Å². The molecule has 1 aliphatic heterocycles. The highest BCUT2D eigenvalue weighted by atomic mass is 16.2. The first-order valence-electron chi connectivity index (χ1n) is 10.7. The van der Waals surface area contributed by atoms with Crippen molar-refractivity contribution in [3.8, 4) is 0 Å². The standard InChI is InChI=1S/C20H39N5O/c1-4-21-20(23-13-16-25(17(2)3)18-10-11-18)22-12-8-15-24-14-7-5-6-9-19(24)26/h17-18H,4-16H2,1-3H3,(H2,21,22,23). The molecule has 0 atom stereocenters. The molecular weight excluding hydrogens is 326 g/mol. The number of guanidine groups is 1. The van der Waals surface area contributed by atoms with Crippen molar-refractivity contribution in [2.75, 3.05) is 39.3 Å². The molecule has 0 bridgehead atoms. The number of aliphatic imine (C=N–C) groups is 1. The number of hydrogen-bond acceptors (Lipinski definition) is 3. The molecule has 1 heterocycles. The Morgan fingerprint density at radius 1 is 1.27 bits per heavy atom. The Hall–Kier alpha value is -1.30. The maximum absolute atomic E-state index is 12.0. The van der Waals surface area contributed by atoms with Crippen LogP contribution in [0.3, 0.4) is 0 Å². The highest BCUT2D eigenvalue weighted by molar-refractivity contribution is 5.79. The zero-order valence-electron chi connectivity index (χ0n) is 17.1. The Balaban J connectivity index is 1.69. The molecule has 2 N–H and O–H groups in total. The zero-order chi connectivity index (χ0) is 18.8. The van der Waals surface area contributed by atoms with E-state index in [1.807, 2.05) is 4.90 Å². The summed E-state index contributed by atoms with van der Waals surface area (Å²) in [7, 11) is 0. The van der Waals surface area contributed by atoms with Crippen LogP contribution in [0.15, 0.2) is 4.99 Å². The zero-order valence-corrected chi connectivity index (χ0v) is 17.1. The number of nitrogens with zero attached hydrogens (tertiary/aromatic N) is 3. The molecule has 2 fully saturated rings. The predicted octanol–water partition coefficient (Wildman–Crippen LogP) is 2.21. The summed E-state index contributed by atoms with van der Waals surface area (Å²) in [4.78, 5) is 21.3. The van der Waals surface area contributed by atoms with Crippen molar-refractivity contribution >= 4 is 11.9 Å². The molecule has 6 nitrogen and oxygen atoms in total. The average Bonchev–Trinajstić information content (AvgIpc) is 3.44. The van der Waals surface area contributed by atoms with E-state index < -0.39 is 0 Å². The Morgan fingerprint density at radius 3 is 2.77 bits per heavy atom. The average molecular weight is 366 g/mol. The molecule has 2 rings (SSSR count). The van der Waals surface area contributed by atoms with E-state index >= 15 is 0 Å². The molecule has 2 aliphatic rings. The summed E-state index contributed by atoms with van der Waals surface area (Å²) in [6.07, 6.45) is 7.73. The van der Waals surface area contributed by atoms with Crippen LogP contribution in [0.2, 0.25) is 0 Å².